The first-order valence-electron chi connectivity index (χ1n) is 7.08. The number of anilines is 2. The summed E-state index contributed by atoms with van der Waals surface area (Å²) in [6.45, 7) is 1.94. The molecule has 0 bridgehead atoms. The van der Waals surface area contributed by atoms with E-state index in [1.807, 2.05) is 13.0 Å². The molecule has 2 aromatic rings. The van der Waals surface area contributed by atoms with Crippen LogP contribution >= 0.6 is 11.3 Å². The van der Waals surface area contributed by atoms with Crippen LogP contribution in [0.25, 0.3) is 0 Å². The van der Waals surface area contributed by atoms with E-state index in [2.05, 4.69) is 20.6 Å². The van der Waals surface area contributed by atoms with Crippen molar-refractivity contribution in [2.75, 3.05) is 10.6 Å². The van der Waals surface area contributed by atoms with Gasteiger partial charge in [-0.25, -0.2) is 9.97 Å². The molecule has 22 heavy (non-hydrogen) atoms. The number of hydrogen-bond acceptors (Lipinski definition) is 5. The number of aryl methyl sites for hydroxylation is 1. The summed E-state index contributed by atoms with van der Waals surface area (Å²) in [7, 11) is 0. The second-order valence-corrected chi connectivity index (χ2v) is 6.21. The van der Waals surface area contributed by atoms with Crippen LogP contribution in [0, 0.1) is 12.8 Å². The van der Waals surface area contributed by atoms with Crippen LogP contribution in [0.3, 0.4) is 0 Å². The smallest absolute Gasteiger partial charge is 0.231 e. The number of carbonyl (C=O) groups excluding carboxylic acids is 2. The van der Waals surface area contributed by atoms with E-state index in [9.17, 15) is 9.59 Å². The lowest BCUT2D eigenvalue weighted by Crippen LogP contribution is -2.16. The Morgan fingerprint density at radius 1 is 1.32 bits per heavy atom. The second-order valence-electron chi connectivity index (χ2n) is 5.35. The third-order valence-electron chi connectivity index (χ3n) is 3.25. The van der Waals surface area contributed by atoms with Gasteiger partial charge < -0.3 is 10.6 Å². The highest BCUT2D eigenvalue weighted by Gasteiger charge is 2.30. The summed E-state index contributed by atoms with van der Waals surface area (Å²) in [5.41, 5.74) is 1.68. The van der Waals surface area contributed by atoms with Gasteiger partial charge in [-0.2, -0.15) is 0 Å². The van der Waals surface area contributed by atoms with E-state index in [1.165, 1.54) is 11.3 Å². The zero-order chi connectivity index (χ0) is 15.5. The molecule has 0 spiro atoms. The molecule has 2 aromatic heterocycles. The maximum atomic E-state index is 11.9. The lowest BCUT2D eigenvalue weighted by Gasteiger charge is -2.03. The summed E-state index contributed by atoms with van der Waals surface area (Å²) >= 11 is 1.33. The van der Waals surface area contributed by atoms with Gasteiger partial charge in [-0.3, -0.25) is 9.59 Å². The highest BCUT2D eigenvalue weighted by molar-refractivity contribution is 7.13. The van der Waals surface area contributed by atoms with Crippen LogP contribution in [0.1, 0.15) is 24.1 Å². The summed E-state index contributed by atoms with van der Waals surface area (Å²) in [6.07, 6.45) is 3.77. The Labute approximate surface area is 132 Å². The number of aromatic nitrogens is 2. The quantitative estimate of drug-likeness (QED) is 0.887. The standard InChI is InChI=1S/C15H16N4O2S/c1-9-2-5-12(16-7-9)18-13(20)6-11-8-22-15(17-11)19-14(21)10-3-4-10/h2,5,7-8,10H,3-4,6H2,1H3,(H,16,18,20)(H,17,19,21). The fraction of sp³-hybridized carbons (Fsp3) is 0.333. The molecule has 0 aromatic carbocycles. The molecule has 1 aliphatic carbocycles. The molecule has 114 valence electrons. The van der Waals surface area contributed by atoms with Gasteiger partial charge in [0, 0.05) is 17.5 Å². The van der Waals surface area contributed by atoms with Crippen LogP contribution in [-0.2, 0) is 16.0 Å². The third kappa shape index (κ3) is 3.88. The van der Waals surface area contributed by atoms with Crippen molar-refractivity contribution in [3.8, 4) is 0 Å². The van der Waals surface area contributed by atoms with Crippen molar-refractivity contribution < 1.29 is 9.59 Å². The van der Waals surface area contributed by atoms with Crippen LogP contribution in [0.4, 0.5) is 10.9 Å². The van der Waals surface area contributed by atoms with E-state index in [0.29, 0.717) is 16.6 Å². The number of pyridine rings is 1. The van der Waals surface area contributed by atoms with Gasteiger partial charge in [0.1, 0.15) is 5.82 Å². The zero-order valence-electron chi connectivity index (χ0n) is 12.1. The van der Waals surface area contributed by atoms with Gasteiger partial charge in [0.15, 0.2) is 5.13 Å². The average molecular weight is 316 g/mol. The molecule has 0 saturated heterocycles. The average Bonchev–Trinajstić information content (AvgIpc) is 3.25. The van der Waals surface area contributed by atoms with E-state index in [1.54, 1.807) is 17.6 Å². The van der Waals surface area contributed by atoms with Gasteiger partial charge in [0.25, 0.3) is 0 Å². The molecular formula is C15H16N4O2S. The molecule has 7 heteroatoms. The second kappa shape index (κ2) is 6.23. The van der Waals surface area contributed by atoms with Crippen molar-refractivity contribution in [1.82, 2.24) is 9.97 Å². The predicted molar refractivity (Wildman–Crippen MR) is 84.8 cm³/mol. The Hall–Kier alpha value is -2.28. The molecule has 6 nitrogen and oxygen atoms in total. The van der Waals surface area contributed by atoms with Gasteiger partial charge in [-0.1, -0.05) is 6.07 Å². The molecule has 2 amide bonds. The van der Waals surface area contributed by atoms with Gasteiger partial charge in [-0.05, 0) is 31.4 Å². The van der Waals surface area contributed by atoms with Crippen molar-refractivity contribution in [3.63, 3.8) is 0 Å². The Bertz CT molecular complexity index is 692. The first-order valence-corrected chi connectivity index (χ1v) is 7.96. The minimum absolute atomic E-state index is 0.0224. The summed E-state index contributed by atoms with van der Waals surface area (Å²) < 4.78 is 0. The zero-order valence-corrected chi connectivity index (χ0v) is 12.9. The van der Waals surface area contributed by atoms with Crippen LogP contribution in [0.5, 0.6) is 0 Å². The normalized spacial score (nSPS) is 13.7. The topological polar surface area (TPSA) is 84.0 Å². The van der Waals surface area contributed by atoms with Gasteiger partial charge in [0.05, 0.1) is 12.1 Å². The lowest BCUT2D eigenvalue weighted by molar-refractivity contribution is -0.117. The van der Waals surface area contributed by atoms with Crippen molar-refractivity contribution in [1.29, 1.82) is 0 Å². The summed E-state index contributed by atoms with van der Waals surface area (Å²) in [4.78, 5) is 32.0. The molecule has 0 aliphatic heterocycles. The van der Waals surface area contributed by atoms with Crippen molar-refractivity contribution in [2.45, 2.75) is 26.2 Å². The molecule has 1 fully saturated rings. The van der Waals surface area contributed by atoms with E-state index in [-0.39, 0.29) is 24.2 Å². The minimum atomic E-state index is -0.179. The van der Waals surface area contributed by atoms with E-state index in [4.69, 9.17) is 0 Å². The summed E-state index contributed by atoms with van der Waals surface area (Å²) in [5.74, 6) is 0.507. The Morgan fingerprint density at radius 2 is 2.14 bits per heavy atom. The first-order chi connectivity index (χ1) is 10.6. The molecule has 2 N–H and O–H groups in total. The van der Waals surface area contributed by atoms with Crippen LogP contribution < -0.4 is 10.6 Å². The monoisotopic (exact) mass is 316 g/mol. The Balaban J connectivity index is 1.53. The SMILES string of the molecule is Cc1ccc(NC(=O)Cc2csc(NC(=O)C3CC3)n2)nc1. The van der Waals surface area contributed by atoms with E-state index >= 15 is 0 Å². The van der Waals surface area contributed by atoms with E-state index in [0.717, 1.165) is 18.4 Å². The Morgan fingerprint density at radius 3 is 2.82 bits per heavy atom. The van der Waals surface area contributed by atoms with E-state index < -0.39 is 0 Å². The molecular weight excluding hydrogens is 300 g/mol. The predicted octanol–water partition coefficient (Wildman–Crippen LogP) is 2.38. The first kappa shape index (κ1) is 14.6. The molecule has 1 saturated carbocycles. The third-order valence-corrected chi connectivity index (χ3v) is 4.06. The molecule has 1 aliphatic rings. The maximum Gasteiger partial charge on any atom is 0.231 e. The highest BCUT2D eigenvalue weighted by Crippen LogP contribution is 2.30. The van der Waals surface area contributed by atoms with Crippen LogP contribution in [-0.4, -0.2) is 21.8 Å². The fourth-order valence-corrected chi connectivity index (χ4v) is 2.61. The molecule has 0 atom stereocenters. The number of rotatable bonds is 5. The molecule has 3 rings (SSSR count). The van der Waals surface area contributed by atoms with Crippen molar-refractivity contribution in [3.05, 3.63) is 35.0 Å². The highest BCUT2D eigenvalue weighted by atomic mass is 32.1. The van der Waals surface area contributed by atoms with Crippen LogP contribution in [0.2, 0.25) is 0 Å². The molecule has 0 radical (unpaired) electrons. The van der Waals surface area contributed by atoms with Crippen molar-refractivity contribution in [2.24, 2.45) is 5.92 Å². The summed E-state index contributed by atoms with van der Waals surface area (Å²) in [5, 5.41) is 7.83. The summed E-state index contributed by atoms with van der Waals surface area (Å²) in [6, 6.07) is 3.65. The van der Waals surface area contributed by atoms with Gasteiger partial charge in [0.2, 0.25) is 11.8 Å². The number of thiazole rings is 1. The Kier molecular flexibility index (Phi) is 4.15. The maximum absolute atomic E-state index is 11.9. The number of amides is 2. The molecule has 0 unspecified atom stereocenters. The lowest BCUT2D eigenvalue weighted by atomic mass is 10.3. The minimum Gasteiger partial charge on any atom is -0.310 e. The number of hydrogen-bond donors (Lipinski definition) is 2. The fourth-order valence-electron chi connectivity index (χ4n) is 1.89. The number of nitrogens with zero attached hydrogens (tertiary/aromatic N) is 2. The molecule has 2 heterocycles. The largest absolute Gasteiger partial charge is 0.310 e. The number of carbonyl (C=O) groups is 2. The van der Waals surface area contributed by atoms with Gasteiger partial charge >= 0.3 is 0 Å². The van der Waals surface area contributed by atoms with Gasteiger partial charge in [-0.15, -0.1) is 11.3 Å². The van der Waals surface area contributed by atoms with Crippen LogP contribution in [0.15, 0.2) is 23.7 Å². The number of nitrogens with one attached hydrogen (secondary N) is 2. The van der Waals surface area contributed by atoms with Crippen molar-refractivity contribution >= 4 is 34.1 Å².